The van der Waals surface area contributed by atoms with Gasteiger partial charge in [-0.3, -0.25) is 0 Å². The monoisotopic (exact) mass is 223 g/mol. The van der Waals surface area contributed by atoms with Gasteiger partial charge in [-0.1, -0.05) is 6.07 Å². The van der Waals surface area contributed by atoms with Crippen LogP contribution < -0.4 is 5.32 Å². The Morgan fingerprint density at radius 1 is 1.44 bits per heavy atom. The molecule has 16 heavy (non-hydrogen) atoms. The molecule has 0 aliphatic heterocycles. The summed E-state index contributed by atoms with van der Waals surface area (Å²) in [6.07, 6.45) is 3.19. The number of nitrogens with one attached hydrogen (secondary N) is 1. The van der Waals surface area contributed by atoms with Crippen molar-refractivity contribution in [3.05, 3.63) is 35.1 Å². The summed E-state index contributed by atoms with van der Waals surface area (Å²) in [5.74, 6) is -0.200. The Kier molecular flexibility index (Phi) is 3.26. The highest BCUT2D eigenvalue weighted by atomic mass is 19.1. The van der Waals surface area contributed by atoms with Crippen LogP contribution in [0, 0.1) is 12.7 Å². The minimum Gasteiger partial charge on any atom is -0.394 e. The summed E-state index contributed by atoms with van der Waals surface area (Å²) in [5.41, 5.74) is 1.94. The highest BCUT2D eigenvalue weighted by Gasteiger charge is 2.35. The maximum Gasteiger partial charge on any atom is 0.123 e. The lowest BCUT2D eigenvalue weighted by Crippen LogP contribution is -2.53. The third-order valence-electron chi connectivity index (χ3n) is 3.58. The van der Waals surface area contributed by atoms with Crippen LogP contribution in [0.5, 0.6) is 0 Å². The average Bonchev–Trinajstić information content (AvgIpc) is 2.22. The van der Waals surface area contributed by atoms with Crippen LogP contribution in [0.15, 0.2) is 18.2 Å². The fraction of sp³-hybridized carbons (Fsp3) is 0.538. The number of halogens is 1. The van der Waals surface area contributed by atoms with Crippen LogP contribution in [0.25, 0.3) is 0 Å². The molecule has 3 heteroatoms. The number of benzene rings is 1. The summed E-state index contributed by atoms with van der Waals surface area (Å²) >= 11 is 0. The van der Waals surface area contributed by atoms with Gasteiger partial charge in [0.2, 0.25) is 0 Å². The first kappa shape index (κ1) is 11.6. The van der Waals surface area contributed by atoms with Crippen molar-refractivity contribution < 1.29 is 9.50 Å². The maximum absolute atomic E-state index is 13.1. The maximum atomic E-state index is 13.1. The van der Waals surface area contributed by atoms with Crippen molar-refractivity contribution in [3.63, 3.8) is 0 Å². The molecule has 0 aromatic heterocycles. The number of hydrogen-bond donors (Lipinski definition) is 2. The zero-order valence-electron chi connectivity index (χ0n) is 9.59. The van der Waals surface area contributed by atoms with Crippen molar-refractivity contribution in [1.29, 1.82) is 0 Å². The summed E-state index contributed by atoms with van der Waals surface area (Å²) in [6.45, 7) is 2.77. The van der Waals surface area contributed by atoms with Gasteiger partial charge in [0, 0.05) is 12.1 Å². The number of rotatable bonds is 4. The number of aryl methyl sites for hydroxylation is 1. The Labute approximate surface area is 95.5 Å². The van der Waals surface area contributed by atoms with Crippen molar-refractivity contribution in [1.82, 2.24) is 5.32 Å². The Bertz CT molecular complexity index is 369. The van der Waals surface area contributed by atoms with Gasteiger partial charge < -0.3 is 10.4 Å². The molecule has 0 spiro atoms. The first-order chi connectivity index (χ1) is 7.65. The zero-order valence-corrected chi connectivity index (χ0v) is 9.59. The smallest absolute Gasteiger partial charge is 0.123 e. The zero-order chi connectivity index (χ0) is 11.6. The minimum atomic E-state index is -0.200. The van der Waals surface area contributed by atoms with E-state index in [2.05, 4.69) is 5.32 Å². The average molecular weight is 223 g/mol. The molecule has 1 fully saturated rings. The highest BCUT2D eigenvalue weighted by Crippen LogP contribution is 2.31. The molecule has 1 aromatic rings. The Morgan fingerprint density at radius 3 is 2.75 bits per heavy atom. The summed E-state index contributed by atoms with van der Waals surface area (Å²) in [5, 5.41) is 12.7. The van der Waals surface area contributed by atoms with E-state index in [-0.39, 0.29) is 18.0 Å². The Balaban J connectivity index is 2.01. The normalized spacial score (nSPS) is 18.2. The van der Waals surface area contributed by atoms with E-state index in [0.29, 0.717) is 6.54 Å². The molecule has 1 aliphatic carbocycles. The molecule has 2 N–H and O–H groups in total. The van der Waals surface area contributed by atoms with Gasteiger partial charge in [-0.15, -0.1) is 0 Å². The van der Waals surface area contributed by atoms with E-state index in [0.717, 1.165) is 30.4 Å². The van der Waals surface area contributed by atoms with E-state index in [9.17, 15) is 9.50 Å². The molecule has 1 aromatic carbocycles. The Morgan fingerprint density at radius 2 is 2.19 bits per heavy atom. The van der Waals surface area contributed by atoms with Crippen molar-refractivity contribution in [2.75, 3.05) is 6.61 Å². The number of aliphatic hydroxyl groups is 1. The van der Waals surface area contributed by atoms with Crippen molar-refractivity contribution in [2.45, 2.75) is 38.3 Å². The summed E-state index contributed by atoms with van der Waals surface area (Å²) < 4.78 is 13.1. The van der Waals surface area contributed by atoms with Gasteiger partial charge >= 0.3 is 0 Å². The molecule has 88 valence electrons. The molecular formula is C13H18FNO. The number of hydrogen-bond acceptors (Lipinski definition) is 2. The lowest BCUT2D eigenvalue weighted by Gasteiger charge is -2.41. The van der Waals surface area contributed by atoms with Crippen molar-refractivity contribution in [3.8, 4) is 0 Å². The molecule has 0 radical (unpaired) electrons. The van der Waals surface area contributed by atoms with Gasteiger partial charge in [-0.05, 0) is 49.4 Å². The molecule has 1 saturated carbocycles. The topological polar surface area (TPSA) is 32.3 Å². The third-order valence-corrected chi connectivity index (χ3v) is 3.58. The van der Waals surface area contributed by atoms with Gasteiger partial charge in [0.05, 0.1) is 6.61 Å². The van der Waals surface area contributed by atoms with E-state index in [1.807, 2.05) is 6.92 Å². The molecule has 0 amide bonds. The molecule has 2 rings (SSSR count). The van der Waals surface area contributed by atoms with Crippen LogP contribution in [0.4, 0.5) is 4.39 Å². The van der Waals surface area contributed by atoms with Gasteiger partial charge in [0.1, 0.15) is 5.82 Å². The summed E-state index contributed by atoms with van der Waals surface area (Å²) in [7, 11) is 0. The first-order valence-electron chi connectivity index (χ1n) is 5.76. The molecule has 2 nitrogen and oxygen atoms in total. The highest BCUT2D eigenvalue weighted by molar-refractivity contribution is 5.26. The Hall–Kier alpha value is -0.930. The van der Waals surface area contributed by atoms with E-state index in [4.69, 9.17) is 0 Å². The van der Waals surface area contributed by atoms with Gasteiger partial charge in [0.15, 0.2) is 0 Å². The van der Waals surface area contributed by atoms with E-state index in [1.165, 1.54) is 6.07 Å². The second-order valence-electron chi connectivity index (χ2n) is 4.72. The second-order valence-corrected chi connectivity index (χ2v) is 4.72. The molecule has 0 atom stereocenters. The van der Waals surface area contributed by atoms with Crippen LogP contribution in [0.1, 0.15) is 30.4 Å². The van der Waals surface area contributed by atoms with Gasteiger partial charge in [-0.25, -0.2) is 4.39 Å². The van der Waals surface area contributed by atoms with Crippen LogP contribution >= 0.6 is 0 Å². The first-order valence-corrected chi connectivity index (χ1v) is 5.76. The summed E-state index contributed by atoms with van der Waals surface area (Å²) in [4.78, 5) is 0. The lowest BCUT2D eigenvalue weighted by molar-refractivity contribution is 0.0871. The fourth-order valence-electron chi connectivity index (χ4n) is 2.11. The van der Waals surface area contributed by atoms with Gasteiger partial charge in [0.25, 0.3) is 0 Å². The predicted octanol–water partition coefficient (Wildman–Crippen LogP) is 2.14. The third kappa shape index (κ3) is 2.25. The molecule has 0 saturated heterocycles. The fourth-order valence-corrected chi connectivity index (χ4v) is 2.11. The van der Waals surface area contributed by atoms with E-state index >= 15 is 0 Å². The standard InChI is InChI=1S/C13H18FNO/c1-10-3-4-12(14)7-11(10)8-15-13(9-16)5-2-6-13/h3-4,7,15-16H,2,5-6,8-9H2,1H3. The van der Waals surface area contributed by atoms with Crippen LogP contribution in [0.3, 0.4) is 0 Å². The molecular weight excluding hydrogens is 205 g/mol. The predicted molar refractivity (Wildman–Crippen MR) is 61.6 cm³/mol. The lowest BCUT2D eigenvalue weighted by atomic mass is 9.77. The van der Waals surface area contributed by atoms with Crippen LogP contribution in [-0.2, 0) is 6.54 Å². The summed E-state index contributed by atoms with van der Waals surface area (Å²) in [6, 6.07) is 4.83. The SMILES string of the molecule is Cc1ccc(F)cc1CNC1(CO)CCC1. The number of aliphatic hydroxyl groups excluding tert-OH is 1. The van der Waals surface area contributed by atoms with E-state index in [1.54, 1.807) is 12.1 Å². The van der Waals surface area contributed by atoms with Crippen molar-refractivity contribution in [2.24, 2.45) is 0 Å². The molecule has 0 heterocycles. The molecule has 0 bridgehead atoms. The van der Waals surface area contributed by atoms with Crippen LogP contribution in [-0.4, -0.2) is 17.3 Å². The molecule has 1 aliphatic rings. The molecule has 0 unspecified atom stereocenters. The van der Waals surface area contributed by atoms with E-state index < -0.39 is 0 Å². The van der Waals surface area contributed by atoms with Crippen LogP contribution in [0.2, 0.25) is 0 Å². The quantitative estimate of drug-likeness (QED) is 0.819. The largest absolute Gasteiger partial charge is 0.394 e. The minimum absolute atomic E-state index is 0.112. The van der Waals surface area contributed by atoms with Crippen molar-refractivity contribution >= 4 is 0 Å². The van der Waals surface area contributed by atoms with Gasteiger partial charge in [-0.2, -0.15) is 0 Å². The second kappa shape index (κ2) is 4.52.